The monoisotopic (exact) mass is 323 g/mol. The van der Waals surface area contributed by atoms with E-state index in [1.54, 1.807) is 11.9 Å². The molecular formula is C16H18ClNO2S. The van der Waals surface area contributed by atoms with Crippen LogP contribution in [-0.2, 0) is 0 Å². The third-order valence-corrected chi connectivity index (χ3v) is 4.97. The zero-order valence-corrected chi connectivity index (χ0v) is 13.8. The van der Waals surface area contributed by atoms with Gasteiger partial charge >= 0.3 is 0 Å². The number of likely N-dealkylation sites (N-methyl/N-ethyl adjacent to an activating group) is 1. The lowest BCUT2D eigenvalue weighted by Crippen LogP contribution is -2.36. The largest absolute Gasteiger partial charge is 0.394 e. The molecule has 1 amide bonds. The van der Waals surface area contributed by atoms with E-state index in [2.05, 4.69) is 0 Å². The zero-order chi connectivity index (χ0) is 15.6. The van der Waals surface area contributed by atoms with E-state index in [4.69, 9.17) is 16.7 Å². The van der Waals surface area contributed by atoms with Crippen LogP contribution in [0.1, 0.15) is 22.2 Å². The van der Waals surface area contributed by atoms with Gasteiger partial charge in [-0.2, -0.15) is 0 Å². The van der Waals surface area contributed by atoms with Gasteiger partial charge in [-0.15, -0.1) is 11.3 Å². The number of carbonyl (C=O) groups excluding carboxylic acids is 1. The molecule has 0 aliphatic heterocycles. The Morgan fingerprint density at radius 3 is 2.76 bits per heavy atom. The van der Waals surface area contributed by atoms with Crippen molar-refractivity contribution in [1.29, 1.82) is 0 Å². The molecule has 112 valence electrons. The summed E-state index contributed by atoms with van der Waals surface area (Å²) in [5.74, 6) is -0.0714. The van der Waals surface area contributed by atoms with Crippen LogP contribution in [0.4, 0.5) is 0 Å². The minimum Gasteiger partial charge on any atom is -0.394 e. The molecule has 1 unspecified atom stereocenters. The molecule has 1 N–H and O–H groups in total. The van der Waals surface area contributed by atoms with Crippen LogP contribution in [0.3, 0.4) is 0 Å². The number of aryl methyl sites for hydroxylation is 1. The Hall–Kier alpha value is -1.36. The van der Waals surface area contributed by atoms with Gasteiger partial charge in [0, 0.05) is 16.9 Å². The Balaban J connectivity index is 2.33. The lowest BCUT2D eigenvalue weighted by molar-refractivity contribution is 0.0687. The van der Waals surface area contributed by atoms with Crippen molar-refractivity contribution in [3.8, 4) is 10.4 Å². The number of hydrogen-bond acceptors (Lipinski definition) is 3. The molecule has 2 rings (SSSR count). The van der Waals surface area contributed by atoms with Crippen LogP contribution < -0.4 is 0 Å². The topological polar surface area (TPSA) is 40.5 Å². The summed E-state index contributed by atoms with van der Waals surface area (Å²) in [4.78, 5) is 15.7. The second kappa shape index (κ2) is 6.60. The average Bonchev–Trinajstić information content (AvgIpc) is 2.86. The van der Waals surface area contributed by atoms with Crippen molar-refractivity contribution < 1.29 is 9.90 Å². The Bertz CT molecular complexity index is 653. The smallest absolute Gasteiger partial charge is 0.264 e. The molecule has 2 aromatic rings. The van der Waals surface area contributed by atoms with Crippen LogP contribution in [0.15, 0.2) is 30.3 Å². The number of carbonyl (C=O) groups is 1. The van der Waals surface area contributed by atoms with E-state index in [1.807, 2.05) is 44.2 Å². The molecular weight excluding hydrogens is 306 g/mol. The SMILES string of the molecule is Cc1cc(C(=O)N(C)C(C)CO)sc1-c1cccc(Cl)c1. The van der Waals surface area contributed by atoms with Crippen LogP contribution in [0.5, 0.6) is 0 Å². The van der Waals surface area contributed by atoms with E-state index in [9.17, 15) is 4.79 Å². The van der Waals surface area contributed by atoms with Crippen molar-refractivity contribution in [3.05, 3.63) is 45.8 Å². The van der Waals surface area contributed by atoms with Gasteiger partial charge in [-0.25, -0.2) is 0 Å². The number of thiophene rings is 1. The first-order valence-electron chi connectivity index (χ1n) is 6.68. The molecule has 21 heavy (non-hydrogen) atoms. The number of halogens is 1. The van der Waals surface area contributed by atoms with Gasteiger partial charge in [0.1, 0.15) is 0 Å². The molecule has 1 aromatic heterocycles. The van der Waals surface area contributed by atoms with Gasteiger partial charge in [0.15, 0.2) is 0 Å². The molecule has 0 saturated heterocycles. The van der Waals surface area contributed by atoms with Crippen LogP contribution in [0.25, 0.3) is 10.4 Å². The van der Waals surface area contributed by atoms with Gasteiger partial charge < -0.3 is 10.0 Å². The molecule has 1 heterocycles. The van der Waals surface area contributed by atoms with Gasteiger partial charge in [-0.1, -0.05) is 23.7 Å². The van der Waals surface area contributed by atoms with E-state index in [0.29, 0.717) is 9.90 Å². The molecule has 0 aliphatic rings. The van der Waals surface area contributed by atoms with Gasteiger partial charge in [0.05, 0.1) is 17.5 Å². The number of nitrogens with zero attached hydrogens (tertiary/aromatic N) is 1. The summed E-state index contributed by atoms with van der Waals surface area (Å²) in [6, 6.07) is 9.31. The van der Waals surface area contributed by atoms with E-state index in [1.165, 1.54) is 11.3 Å². The molecule has 3 nitrogen and oxygen atoms in total. The predicted octanol–water partition coefficient (Wildman–Crippen LogP) is 3.83. The number of rotatable bonds is 4. The van der Waals surface area contributed by atoms with Gasteiger partial charge in [0.2, 0.25) is 0 Å². The minimum absolute atomic E-state index is 0.0479. The Morgan fingerprint density at radius 2 is 2.14 bits per heavy atom. The maximum Gasteiger partial charge on any atom is 0.264 e. The number of amides is 1. The van der Waals surface area contributed by atoms with Crippen LogP contribution in [0.2, 0.25) is 5.02 Å². The normalized spacial score (nSPS) is 12.2. The fourth-order valence-corrected chi connectivity index (χ4v) is 3.34. The first kappa shape index (κ1) is 16.0. The highest BCUT2D eigenvalue weighted by molar-refractivity contribution is 7.17. The summed E-state index contributed by atoms with van der Waals surface area (Å²) in [7, 11) is 1.71. The Labute approximate surface area is 133 Å². The summed E-state index contributed by atoms with van der Waals surface area (Å²) in [5.41, 5.74) is 2.07. The molecule has 0 radical (unpaired) electrons. The predicted molar refractivity (Wildman–Crippen MR) is 88.1 cm³/mol. The van der Waals surface area contributed by atoms with Crippen molar-refractivity contribution in [1.82, 2.24) is 4.90 Å². The van der Waals surface area contributed by atoms with Gasteiger partial charge in [-0.3, -0.25) is 4.79 Å². The summed E-state index contributed by atoms with van der Waals surface area (Å²) >= 11 is 7.48. The molecule has 0 bridgehead atoms. The summed E-state index contributed by atoms with van der Waals surface area (Å²) in [6.07, 6.45) is 0. The molecule has 0 saturated carbocycles. The minimum atomic E-state index is -0.200. The van der Waals surface area contributed by atoms with Crippen LogP contribution in [0, 0.1) is 6.92 Å². The van der Waals surface area contributed by atoms with Gasteiger partial charge in [0.25, 0.3) is 5.91 Å². The molecule has 0 aliphatic carbocycles. The molecule has 0 fully saturated rings. The number of aliphatic hydroxyl groups excluding tert-OH is 1. The third-order valence-electron chi connectivity index (χ3n) is 3.46. The van der Waals surface area contributed by atoms with E-state index >= 15 is 0 Å². The lowest BCUT2D eigenvalue weighted by atomic mass is 10.1. The lowest BCUT2D eigenvalue weighted by Gasteiger charge is -2.22. The van der Waals surface area contributed by atoms with E-state index in [0.717, 1.165) is 16.0 Å². The second-order valence-corrected chi connectivity index (χ2v) is 6.57. The number of benzene rings is 1. The fourth-order valence-electron chi connectivity index (χ4n) is 2.00. The van der Waals surface area contributed by atoms with Gasteiger partial charge in [-0.05, 0) is 43.2 Å². The Kier molecular flexibility index (Phi) is 5.04. The fraction of sp³-hybridized carbons (Fsp3) is 0.312. The van der Waals surface area contributed by atoms with Crippen LogP contribution >= 0.6 is 22.9 Å². The number of aliphatic hydroxyl groups is 1. The highest BCUT2D eigenvalue weighted by atomic mass is 35.5. The highest BCUT2D eigenvalue weighted by Crippen LogP contribution is 2.34. The van der Waals surface area contributed by atoms with E-state index < -0.39 is 0 Å². The quantitative estimate of drug-likeness (QED) is 0.929. The zero-order valence-electron chi connectivity index (χ0n) is 12.3. The van der Waals surface area contributed by atoms with E-state index in [-0.39, 0.29) is 18.6 Å². The van der Waals surface area contributed by atoms with Crippen molar-refractivity contribution >= 4 is 28.8 Å². The van der Waals surface area contributed by atoms with Crippen molar-refractivity contribution in [2.24, 2.45) is 0 Å². The maximum absolute atomic E-state index is 12.4. The van der Waals surface area contributed by atoms with Crippen molar-refractivity contribution in [3.63, 3.8) is 0 Å². The van der Waals surface area contributed by atoms with Crippen LogP contribution in [-0.4, -0.2) is 35.6 Å². The molecule has 1 atom stereocenters. The summed E-state index contributed by atoms with van der Waals surface area (Å²) in [5, 5.41) is 9.84. The summed E-state index contributed by atoms with van der Waals surface area (Å²) < 4.78 is 0. The van der Waals surface area contributed by atoms with Crippen molar-refractivity contribution in [2.75, 3.05) is 13.7 Å². The molecule has 5 heteroatoms. The molecule has 1 aromatic carbocycles. The maximum atomic E-state index is 12.4. The standard InChI is InChI=1S/C16H18ClNO2S/c1-10-7-14(16(20)18(3)11(2)9-19)21-15(10)12-5-4-6-13(17)8-12/h4-8,11,19H,9H2,1-3H3. The first-order chi connectivity index (χ1) is 9.93. The first-order valence-corrected chi connectivity index (χ1v) is 7.88. The summed E-state index contributed by atoms with van der Waals surface area (Å²) in [6.45, 7) is 3.75. The second-order valence-electron chi connectivity index (χ2n) is 5.08. The average molecular weight is 324 g/mol. The third kappa shape index (κ3) is 3.46. The Morgan fingerprint density at radius 1 is 1.43 bits per heavy atom. The van der Waals surface area contributed by atoms with Crippen molar-refractivity contribution in [2.45, 2.75) is 19.9 Å². The highest BCUT2D eigenvalue weighted by Gasteiger charge is 2.20. The number of hydrogen-bond donors (Lipinski definition) is 1. The molecule has 0 spiro atoms.